The molecule has 1 aromatic rings. The van der Waals surface area contributed by atoms with Crippen LogP contribution in [-0.4, -0.2) is 4.57 Å². The lowest BCUT2D eigenvalue weighted by atomic mass is 9.76. The number of nitrogens with zero attached hydrogens (tertiary/aromatic N) is 1. The summed E-state index contributed by atoms with van der Waals surface area (Å²) in [4.78, 5) is 11.8. The Labute approximate surface area is 102 Å². The second kappa shape index (κ2) is 3.87. The Balaban J connectivity index is 2.13. The van der Waals surface area contributed by atoms with E-state index in [1.807, 2.05) is 0 Å². The van der Waals surface area contributed by atoms with E-state index in [-0.39, 0.29) is 5.92 Å². The Bertz CT molecular complexity index is 532. The van der Waals surface area contributed by atoms with Gasteiger partial charge in [-0.05, 0) is 37.2 Å². The van der Waals surface area contributed by atoms with Crippen molar-refractivity contribution in [2.75, 3.05) is 0 Å². The van der Waals surface area contributed by atoms with Gasteiger partial charge in [0.15, 0.2) is 0 Å². The molecule has 5 heteroatoms. The van der Waals surface area contributed by atoms with Crippen LogP contribution in [-0.2, 0) is 12.7 Å². The van der Waals surface area contributed by atoms with E-state index >= 15 is 0 Å². The van der Waals surface area contributed by atoms with Crippen molar-refractivity contribution >= 4 is 0 Å². The maximum Gasteiger partial charge on any atom is 0.416 e. The highest BCUT2D eigenvalue weighted by Gasteiger charge is 2.36. The highest BCUT2D eigenvalue weighted by atomic mass is 19.4. The Morgan fingerprint density at radius 2 is 2.00 bits per heavy atom. The third-order valence-electron chi connectivity index (χ3n) is 4.13. The van der Waals surface area contributed by atoms with Gasteiger partial charge < -0.3 is 4.57 Å². The fourth-order valence-corrected chi connectivity index (χ4v) is 3.30. The first kappa shape index (κ1) is 11.8. The van der Waals surface area contributed by atoms with Gasteiger partial charge in [0.2, 0.25) is 0 Å². The first-order chi connectivity index (χ1) is 8.45. The number of hydrogen-bond acceptors (Lipinski definition) is 1. The average molecular weight is 257 g/mol. The van der Waals surface area contributed by atoms with Crippen LogP contribution < -0.4 is 5.56 Å². The van der Waals surface area contributed by atoms with Crippen molar-refractivity contribution in [2.24, 2.45) is 5.92 Å². The molecule has 0 aromatic carbocycles. The largest absolute Gasteiger partial charge is 0.416 e. The molecule has 3 rings (SSSR count). The normalized spacial score (nSPS) is 26.8. The monoisotopic (exact) mass is 257 g/mol. The Hall–Kier alpha value is -1.26. The van der Waals surface area contributed by atoms with E-state index in [1.54, 1.807) is 4.57 Å². The van der Waals surface area contributed by atoms with Gasteiger partial charge in [-0.1, -0.05) is 6.42 Å². The van der Waals surface area contributed by atoms with Gasteiger partial charge in [-0.2, -0.15) is 13.2 Å². The first-order valence-electron chi connectivity index (χ1n) is 6.27. The highest BCUT2D eigenvalue weighted by molar-refractivity contribution is 5.25. The van der Waals surface area contributed by atoms with Gasteiger partial charge in [0.25, 0.3) is 5.56 Å². The zero-order valence-electron chi connectivity index (χ0n) is 9.83. The summed E-state index contributed by atoms with van der Waals surface area (Å²) in [6.45, 7) is 0.586. The zero-order chi connectivity index (χ0) is 12.9. The third kappa shape index (κ3) is 1.85. The number of rotatable bonds is 0. The lowest BCUT2D eigenvalue weighted by Crippen LogP contribution is -2.36. The molecule has 98 valence electrons. The molecule has 18 heavy (non-hydrogen) atoms. The Kier molecular flexibility index (Phi) is 2.54. The fourth-order valence-electron chi connectivity index (χ4n) is 3.30. The summed E-state index contributed by atoms with van der Waals surface area (Å²) in [5, 5.41) is 0. The van der Waals surface area contributed by atoms with Crippen LogP contribution >= 0.6 is 0 Å². The number of hydrogen-bond donors (Lipinski definition) is 0. The standard InChI is InChI=1S/C13H14F3NO/c14-13(15,16)10-5-11-9-3-1-2-8(4-9)7-17(11)12(18)6-10/h5-6,8-9H,1-4,7H2/t8?,9-/m1/s1. The SMILES string of the molecule is O=c1cc(C(F)(F)F)cc2n1CC1CCC[C@@H]2C1. The second-order valence-electron chi connectivity index (χ2n) is 5.35. The number of fused-ring (bicyclic) bond motifs is 4. The minimum absolute atomic E-state index is 0.132. The molecule has 1 aromatic heterocycles. The topological polar surface area (TPSA) is 22.0 Å². The van der Waals surface area contributed by atoms with Crippen LogP contribution in [0.1, 0.15) is 42.9 Å². The molecule has 1 fully saturated rings. The van der Waals surface area contributed by atoms with Crippen LogP contribution in [0.3, 0.4) is 0 Å². The van der Waals surface area contributed by atoms with Crippen LogP contribution in [0.25, 0.3) is 0 Å². The number of halogens is 3. The van der Waals surface area contributed by atoms with Gasteiger partial charge in [-0.3, -0.25) is 4.79 Å². The molecule has 1 unspecified atom stereocenters. The van der Waals surface area contributed by atoms with Gasteiger partial charge >= 0.3 is 6.18 Å². The maximum absolute atomic E-state index is 12.7. The van der Waals surface area contributed by atoms with E-state index in [4.69, 9.17) is 0 Å². The van der Waals surface area contributed by atoms with E-state index in [0.29, 0.717) is 18.2 Å². The molecule has 0 saturated heterocycles. The van der Waals surface area contributed by atoms with E-state index in [1.165, 1.54) is 6.07 Å². The molecule has 2 bridgehead atoms. The predicted octanol–water partition coefficient (Wildman–Crippen LogP) is 3.15. The molecule has 0 N–H and O–H groups in total. The molecule has 0 radical (unpaired) electrons. The molecule has 1 saturated carbocycles. The van der Waals surface area contributed by atoms with Crippen molar-refractivity contribution in [2.45, 2.75) is 44.3 Å². The van der Waals surface area contributed by atoms with Crippen molar-refractivity contribution < 1.29 is 13.2 Å². The van der Waals surface area contributed by atoms with Crippen LogP contribution in [0.5, 0.6) is 0 Å². The van der Waals surface area contributed by atoms with Gasteiger partial charge in [0.1, 0.15) is 0 Å². The smallest absolute Gasteiger partial charge is 0.312 e. The van der Waals surface area contributed by atoms with Crippen molar-refractivity contribution in [3.8, 4) is 0 Å². The summed E-state index contributed by atoms with van der Waals surface area (Å²) in [7, 11) is 0. The lowest BCUT2D eigenvalue weighted by molar-refractivity contribution is -0.137. The molecule has 2 heterocycles. The summed E-state index contributed by atoms with van der Waals surface area (Å²) in [5.74, 6) is 0.596. The summed E-state index contributed by atoms with van der Waals surface area (Å²) >= 11 is 0. The molecule has 0 amide bonds. The van der Waals surface area contributed by atoms with Crippen LogP contribution in [0.2, 0.25) is 0 Å². The molecule has 2 atom stereocenters. The minimum atomic E-state index is -4.43. The zero-order valence-corrected chi connectivity index (χ0v) is 9.83. The number of alkyl halides is 3. The fraction of sp³-hybridized carbons (Fsp3) is 0.615. The Morgan fingerprint density at radius 1 is 1.22 bits per heavy atom. The molecule has 2 aliphatic rings. The predicted molar refractivity (Wildman–Crippen MR) is 60.4 cm³/mol. The van der Waals surface area contributed by atoms with E-state index in [0.717, 1.165) is 31.7 Å². The molecule has 0 spiro atoms. The number of pyridine rings is 1. The second-order valence-corrected chi connectivity index (χ2v) is 5.35. The molecule has 2 nitrogen and oxygen atoms in total. The summed E-state index contributed by atoms with van der Waals surface area (Å²) in [6.07, 6.45) is -0.457. The summed E-state index contributed by atoms with van der Waals surface area (Å²) in [6, 6.07) is 1.90. The molecular weight excluding hydrogens is 243 g/mol. The first-order valence-corrected chi connectivity index (χ1v) is 6.27. The van der Waals surface area contributed by atoms with E-state index in [2.05, 4.69) is 0 Å². The van der Waals surface area contributed by atoms with E-state index < -0.39 is 17.3 Å². The summed E-state index contributed by atoms with van der Waals surface area (Å²) < 4.78 is 39.7. The van der Waals surface area contributed by atoms with Crippen molar-refractivity contribution in [1.29, 1.82) is 0 Å². The number of aromatic nitrogens is 1. The average Bonchev–Trinajstić information content (AvgIpc) is 2.29. The lowest BCUT2D eigenvalue weighted by Gasteiger charge is -2.37. The van der Waals surface area contributed by atoms with Crippen LogP contribution in [0, 0.1) is 5.92 Å². The molecule has 1 aliphatic carbocycles. The van der Waals surface area contributed by atoms with Gasteiger partial charge in [0, 0.05) is 18.3 Å². The van der Waals surface area contributed by atoms with Gasteiger partial charge in [-0.15, -0.1) is 0 Å². The van der Waals surface area contributed by atoms with Gasteiger partial charge in [-0.25, -0.2) is 0 Å². The minimum Gasteiger partial charge on any atom is -0.312 e. The summed E-state index contributed by atoms with van der Waals surface area (Å²) in [5.41, 5.74) is -0.718. The molecular formula is C13H14F3NO. The highest BCUT2D eigenvalue weighted by Crippen LogP contribution is 2.41. The van der Waals surface area contributed by atoms with E-state index in [9.17, 15) is 18.0 Å². The van der Waals surface area contributed by atoms with Crippen LogP contribution in [0.4, 0.5) is 13.2 Å². The third-order valence-corrected chi connectivity index (χ3v) is 4.13. The van der Waals surface area contributed by atoms with Gasteiger partial charge in [0.05, 0.1) is 5.56 Å². The van der Waals surface area contributed by atoms with Crippen LogP contribution in [0.15, 0.2) is 16.9 Å². The van der Waals surface area contributed by atoms with Crippen molar-refractivity contribution in [1.82, 2.24) is 4.57 Å². The molecule has 1 aliphatic heterocycles. The van der Waals surface area contributed by atoms with Crippen molar-refractivity contribution in [3.63, 3.8) is 0 Å². The quantitative estimate of drug-likeness (QED) is 0.699. The maximum atomic E-state index is 12.7. The van der Waals surface area contributed by atoms with Crippen molar-refractivity contribution in [3.05, 3.63) is 33.7 Å². The Morgan fingerprint density at radius 3 is 2.72 bits per heavy atom.